The van der Waals surface area contributed by atoms with E-state index in [0.29, 0.717) is 10.7 Å². The summed E-state index contributed by atoms with van der Waals surface area (Å²) in [7, 11) is 0. The number of hydrogen-bond acceptors (Lipinski definition) is 3. The summed E-state index contributed by atoms with van der Waals surface area (Å²) in [6.45, 7) is -0.131. The molecule has 4 nitrogen and oxygen atoms in total. The van der Waals surface area contributed by atoms with Crippen molar-refractivity contribution >= 4 is 52.0 Å². The normalized spacial score (nSPS) is 10.1. The molecule has 1 heterocycles. The topological polar surface area (TPSA) is 58.2 Å². The van der Waals surface area contributed by atoms with Gasteiger partial charge in [-0.3, -0.25) is 9.59 Å². The van der Waals surface area contributed by atoms with Gasteiger partial charge in [0.05, 0.1) is 22.8 Å². The molecular weight excluding hydrogens is 319 g/mol. The van der Waals surface area contributed by atoms with Crippen LogP contribution in [0.2, 0.25) is 10.0 Å². The molecule has 0 atom stereocenters. The molecule has 0 aliphatic heterocycles. The Morgan fingerprint density at radius 1 is 1.20 bits per heavy atom. The third-order valence-electron chi connectivity index (χ3n) is 2.39. The second kappa shape index (κ2) is 6.74. The van der Waals surface area contributed by atoms with E-state index in [0.717, 1.165) is 0 Å². The Balaban J connectivity index is 1.90. The van der Waals surface area contributed by atoms with Crippen molar-refractivity contribution in [3.8, 4) is 0 Å². The monoisotopic (exact) mass is 328 g/mol. The number of rotatable bonds is 4. The maximum Gasteiger partial charge on any atom is 0.253 e. The van der Waals surface area contributed by atoms with Crippen molar-refractivity contribution in [3.63, 3.8) is 0 Å². The fraction of sp³-hybridized carbons (Fsp3) is 0.0769. The van der Waals surface area contributed by atoms with Gasteiger partial charge in [-0.2, -0.15) is 11.3 Å². The maximum atomic E-state index is 11.9. The van der Waals surface area contributed by atoms with Crippen LogP contribution in [-0.4, -0.2) is 18.4 Å². The molecule has 0 bridgehead atoms. The molecule has 20 heavy (non-hydrogen) atoms. The molecule has 0 aliphatic carbocycles. The number of thiophene rings is 1. The third-order valence-corrected chi connectivity index (χ3v) is 3.62. The van der Waals surface area contributed by atoms with Gasteiger partial charge in [-0.1, -0.05) is 23.2 Å². The third kappa shape index (κ3) is 3.96. The molecule has 0 saturated heterocycles. The number of nitrogens with one attached hydrogen (secondary N) is 2. The molecular formula is C13H10Cl2N2O2S. The molecule has 0 spiro atoms. The molecule has 2 amide bonds. The number of carbonyl (C=O) groups excluding carboxylic acids is 2. The molecule has 0 fully saturated rings. The average molecular weight is 329 g/mol. The Kier molecular flexibility index (Phi) is 5.00. The molecule has 2 aromatic rings. The van der Waals surface area contributed by atoms with Crippen LogP contribution in [0.25, 0.3) is 0 Å². The summed E-state index contributed by atoms with van der Waals surface area (Å²) < 4.78 is 0. The standard InChI is InChI=1S/C13H10Cl2N2O2S/c14-8-1-2-10(11(15)5-8)13(19)16-6-12(18)17-9-3-4-20-7-9/h1-5,7H,6H2,(H,16,19)(H,17,18). The number of hydrogen-bond donors (Lipinski definition) is 2. The van der Waals surface area contributed by atoms with Crippen LogP contribution in [0.1, 0.15) is 10.4 Å². The van der Waals surface area contributed by atoms with E-state index in [2.05, 4.69) is 10.6 Å². The van der Waals surface area contributed by atoms with E-state index in [9.17, 15) is 9.59 Å². The Bertz CT molecular complexity index is 629. The smallest absolute Gasteiger partial charge is 0.253 e. The summed E-state index contributed by atoms with van der Waals surface area (Å²) in [5.74, 6) is -0.728. The molecule has 0 unspecified atom stereocenters. The van der Waals surface area contributed by atoms with Crippen molar-refractivity contribution in [2.75, 3.05) is 11.9 Å². The minimum Gasteiger partial charge on any atom is -0.343 e. The lowest BCUT2D eigenvalue weighted by molar-refractivity contribution is -0.115. The summed E-state index contributed by atoms with van der Waals surface area (Å²) in [6.07, 6.45) is 0. The number of benzene rings is 1. The first kappa shape index (κ1) is 14.8. The summed E-state index contributed by atoms with van der Waals surface area (Å²) in [5, 5.41) is 9.49. The second-order valence-corrected chi connectivity index (χ2v) is 5.49. The van der Waals surface area contributed by atoms with Gasteiger partial charge in [0.2, 0.25) is 5.91 Å². The van der Waals surface area contributed by atoms with Crippen LogP contribution in [0.5, 0.6) is 0 Å². The van der Waals surface area contributed by atoms with Crippen molar-refractivity contribution in [2.24, 2.45) is 0 Å². The Hall–Kier alpha value is -1.56. The second-order valence-electron chi connectivity index (χ2n) is 3.87. The highest BCUT2D eigenvalue weighted by Crippen LogP contribution is 2.20. The van der Waals surface area contributed by atoms with Gasteiger partial charge in [-0.25, -0.2) is 0 Å². The minimum atomic E-state index is -0.424. The number of amides is 2. The van der Waals surface area contributed by atoms with Gasteiger partial charge < -0.3 is 10.6 Å². The molecule has 0 saturated carbocycles. The number of halogens is 2. The van der Waals surface area contributed by atoms with Gasteiger partial charge in [0.15, 0.2) is 0 Å². The first-order chi connectivity index (χ1) is 9.56. The van der Waals surface area contributed by atoms with Gasteiger partial charge in [0.1, 0.15) is 0 Å². The van der Waals surface area contributed by atoms with Crippen molar-refractivity contribution < 1.29 is 9.59 Å². The van der Waals surface area contributed by atoms with E-state index in [4.69, 9.17) is 23.2 Å². The zero-order chi connectivity index (χ0) is 14.5. The zero-order valence-corrected chi connectivity index (χ0v) is 12.5. The molecule has 2 N–H and O–H groups in total. The van der Waals surface area contributed by atoms with Gasteiger partial charge in [0, 0.05) is 10.4 Å². The number of anilines is 1. The highest BCUT2D eigenvalue weighted by Gasteiger charge is 2.12. The van der Waals surface area contributed by atoms with E-state index in [1.54, 1.807) is 17.5 Å². The summed E-state index contributed by atoms with van der Waals surface area (Å²) in [4.78, 5) is 23.5. The first-order valence-electron chi connectivity index (χ1n) is 5.61. The highest BCUT2D eigenvalue weighted by molar-refractivity contribution is 7.08. The minimum absolute atomic E-state index is 0.131. The van der Waals surface area contributed by atoms with Crippen LogP contribution >= 0.6 is 34.5 Å². The SMILES string of the molecule is O=C(CNC(=O)c1ccc(Cl)cc1Cl)Nc1ccsc1. The summed E-state index contributed by atoms with van der Waals surface area (Å²) in [5.41, 5.74) is 0.984. The number of carbonyl (C=O) groups is 2. The average Bonchev–Trinajstić information content (AvgIpc) is 2.89. The van der Waals surface area contributed by atoms with Crippen LogP contribution < -0.4 is 10.6 Å². The van der Waals surface area contributed by atoms with E-state index in [1.807, 2.05) is 5.38 Å². The molecule has 1 aromatic carbocycles. The molecule has 1 aromatic heterocycles. The highest BCUT2D eigenvalue weighted by atomic mass is 35.5. The fourth-order valence-electron chi connectivity index (χ4n) is 1.47. The van der Waals surface area contributed by atoms with E-state index >= 15 is 0 Å². The lowest BCUT2D eigenvalue weighted by Crippen LogP contribution is -2.32. The fourth-order valence-corrected chi connectivity index (χ4v) is 2.55. The quantitative estimate of drug-likeness (QED) is 0.903. The first-order valence-corrected chi connectivity index (χ1v) is 7.31. The lowest BCUT2D eigenvalue weighted by Gasteiger charge is -2.07. The molecule has 7 heteroatoms. The van der Waals surface area contributed by atoms with Crippen LogP contribution in [0.15, 0.2) is 35.0 Å². The van der Waals surface area contributed by atoms with Crippen molar-refractivity contribution in [1.29, 1.82) is 0 Å². The predicted octanol–water partition coefficient (Wildman–Crippen LogP) is 3.42. The van der Waals surface area contributed by atoms with Gasteiger partial charge in [0.25, 0.3) is 5.91 Å². The summed E-state index contributed by atoms with van der Waals surface area (Å²) >= 11 is 13.1. The lowest BCUT2D eigenvalue weighted by atomic mass is 10.2. The van der Waals surface area contributed by atoms with Crippen LogP contribution in [0.3, 0.4) is 0 Å². The van der Waals surface area contributed by atoms with E-state index < -0.39 is 5.91 Å². The Morgan fingerprint density at radius 2 is 2.00 bits per heavy atom. The maximum absolute atomic E-state index is 11.9. The van der Waals surface area contributed by atoms with Crippen LogP contribution in [0.4, 0.5) is 5.69 Å². The molecule has 0 radical (unpaired) electrons. The Labute approximate surface area is 129 Å². The van der Waals surface area contributed by atoms with Gasteiger partial charge >= 0.3 is 0 Å². The van der Waals surface area contributed by atoms with E-state index in [-0.39, 0.29) is 23.0 Å². The van der Waals surface area contributed by atoms with Crippen molar-refractivity contribution in [1.82, 2.24) is 5.32 Å². The van der Waals surface area contributed by atoms with Crippen molar-refractivity contribution in [2.45, 2.75) is 0 Å². The van der Waals surface area contributed by atoms with Crippen LogP contribution in [0, 0.1) is 0 Å². The van der Waals surface area contributed by atoms with Crippen molar-refractivity contribution in [3.05, 3.63) is 50.6 Å². The largest absolute Gasteiger partial charge is 0.343 e. The Morgan fingerprint density at radius 3 is 2.65 bits per heavy atom. The molecule has 104 valence electrons. The predicted molar refractivity (Wildman–Crippen MR) is 81.7 cm³/mol. The molecule has 0 aliphatic rings. The van der Waals surface area contributed by atoms with Gasteiger partial charge in [-0.15, -0.1) is 0 Å². The summed E-state index contributed by atoms with van der Waals surface area (Å²) in [6, 6.07) is 6.33. The van der Waals surface area contributed by atoms with Gasteiger partial charge in [-0.05, 0) is 29.6 Å². The van der Waals surface area contributed by atoms with Crippen LogP contribution in [-0.2, 0) is 4.79 Å². The molecule has 2 rings (SSSR count). The van der Waals surface area contributed by atoms with E-state index in [1.165, 1.54) is 23.5 Å². The zero-order valence-electron chi connectivity index (χ0n) is 10.2.